The van der Waals surface area contributed by atoms with Gasteiger partial charge in [-0.1, -0.05) is 30.3 Å². The minimum absolute atomic E-state index is 0.105. The Morgan fingerprint density at radius 1 is 1.30 bits per heavy atom. The van der Waals surface area contributed by atoms with Crippen LogP contribution >= 0.6 is 11.8 Å². The summed E-state index contributed by atoms with van der Waals surface area (Å²) in [5, 5.41) is 4.22. The molecular formula is C17H20N4OS. The van der Waals surface area contributed by atoms with Gasteiger partial charge in [0.25, 0.3) is 0 Å². The Labute approximate surface area is 140 Å². The summed E-state index contributed by atoms with van der Waals surface area (Å²) in [5.41, 5.74) is 1.18. The van der Waals surface area contributed by atoms with Crippen LogP contribution in [0.3, 0.4) is 0 Å². The van der Waals surface area contributed by atoms with Crippen LogP contribution in [0, 0.1) is 5.92 Å². The van der Waals surface area contributed by atoms with E-state index in [1.54, 1.807) is 24.2 Å². The molecule has 2 atom stereocenters. The quantitative estimate of drug-likeness (QED) is 0.855. The van der Waals surface area contributed by atoms with Gasteiger partial charge in [-0.25, -0.2) is 4.98 Å². The number of likely N-dealkylation sites (tertiary alicyclic amines) is 1. The maximum Gasteiger partial charge on any atom is 0.223 e. The summed E-state index contributed by atoms with van der Waals surface area (Å²) in [7, 11) is 1.88. The molecule has 1 amide bonds. The molecule has 1 fully saturated rings. The molecule has 6 heteroatoms. The van der Waals surface area contributed by atoms with E-state index in [-0.39, 0.29) is 17.9 Å². The molecule has 1 aliphatic heterocycles. The Hall–Kier alpha value is -2.08. The normalized spacial score (nSPS) is 20.8. The third-order valence-corrected chi connectivity index (χ3v) is 4.82. The number of anilines is 1. The fourth-order valence-electron chi connectivity index (χ4n) is 3.05. The van der Waals surface area contributed by atoms with E-state index < -0.39 is 0 Å². The van der Waals surface area contributed by atoms with Crippen LogP contribution in [0.2, 0.25) is 0 Å². The molecule has 5 nitrogen and oxygen atoms in total. The van der Waals surface area contributed by atoms with Gasteiger partial charge < -0.3 is 10.2 Å². The summed E-state index contributed by atoms with van der Waals surface area (Å²) in [5.74, 6) is 1.16. The second-order valence-electron chi connectivity index (χ2n) is 5.65. The lowest BCUT2D eigenvalue weighted by atomic mass is 9.93. The van der Waals surface area contributed by atoms with Gasteiger partial charge in [0.15, 0.2) is 0 Å². The predicted octanol–water partition coefficient (Wildman–Crippen LogP) is 2.83. The highest BCUT2D eigenvalue weighted by Crippen LogP contribution is 2.36. The third kappa shape index (κ3) is 3.47. The highest BCUT2D eigenvalue weighted by atomic mass is 32.2. The van der Waals surface area contributed by atoms with Crippen LogP contribution in [-0.2, 0) is 4.79 Å². The summed E-state index contributed by atoms with van der Waals surface area (Å²) in [4.78, 5) is 22.7. The monoisotopic (exact) mass is 328 g/mol. The average molecular weight is 328 g/mol. The van der Waals surface area contributed by atoms with E-state index in [0.717, 1.165) is 10.8 Å². The van der Waals surface area contributed by atoms with E-state index in [4.69, 9.17) is 0 Å². The molecule has 2 heterocycles. The number of nitrogens with one attached hydrogen (secondary N) is 1. The van der Waals surface area contributed by atoms with Crippen molar-refractivity contribution in [3.8, 4) is 0 Å². The third-order valence-electron chi connectivity index (χ3n) is 4.20. The number of aromatic nitrogens is 2. The molecular weight excluding hydrogens is 308 g/mol. The highest BCUT2D eigenvalue weighted by Gasteiger charge is 2.38. The van der Waals surface area contributed by atoms with Gasteiger partial charge in [0.2, 0.25) is 5.91 Å². The second-order valence-corrected chi connectivity index (χ2v) is 6.48. The van der Waals surface area contributed by atoms with Crippen LogP contribution in [0.15, 0.2) is 47.8 Å². The standard InChI is InChI=1S/C17H20N4OS/c1-21-16(22)8-13(17(21)12-6-4-3-5-7-12)9-19-14-10-18-11-15(20-14)23-2/h3-7,10-11,13,17H,8-9H2,1-2H3,(H,19,20)/t13-,17+/m1/s1. The maximum absolute atomic E-state index is 12.1. The van der Waals surface area contributed by atoms with Gasteiger partial charge in [-0.2, -0.15) is 0 Å². The van der Waals surface area contributed by atoms with Crippen molar-refractivity contribution >= 4 is 23.5 Å². The summed E-state index contributed by atoms with van der Waals surface area (Å²) in [6, 6.07) is 10.3. The van der Waals surface area contributed by atoms with Crippen molar-refractivity contribution < 1.29 is 4.79 Å². The summed E-state index contributed by atoms with van der Waals surface area (Å²) in [6.45, 7) is 0.697. The van der Waals surface area contributed by atoms with Crippen LogP contribution in [0.1, 0.15) is 18.0 Å². The van der Waals surface area contributed by atoms with Crippen LogP contribution < -0.4 is 5.32 Å². The first-order valence-electron chi connectivity index (χ1n) is 7.59. The number of amides is 1. The minimum Gasteiger partial charge on any atom is -0.368 e. The Balaban J connectivity index is 1.74. The molecule has 120 valence electrons. The van der Waals surface area contributed by atoms with Gasteiger partial charge in [0.05, 0.1) is 18.4 Å². The van der Waals surface area contributed by atoms with Crippen molar-refractivity contribution in [2.75, 3.05) is 25.2 Å². The van der Waals surface area contributed by atoms with Gasteiger partial charge in [-0.15, -0.1) is 11.8 Å². The molecule has 0 unspecified atom stereocenters. The van der Waals surface area contributed by atoms with E-state index in [9.17, 15) is 4.79 Å². The molecule has 0 bridgehead atoms. The van der Waals surface area contributed by atoms with E-state index >= 15 is 0 Å². The van der Waals surface area contributed by atoms with Crippen molar-refractivity contribution in [3.05, 3.63) is 48.3 Å². The molecule has 2 aromatic rings. The molecule has 1 aromatic carbocycles. The fraction of sp³-hybridized carbons (Fsp3) is 0.353. The van der Waals surface area contributed by atoms with E-state index in [1.165, 1.54) is 5.56 Å². The highest BCUT2D eigenvalue weighted by molar-refractivity contribution is 7.98. The van der Waals surface area contributed by atoms with Crippen LogP contribution in [0.25, 0.3) is 0 Å². The number of benzene rings is 1. The van der Waals surface area contributed by atoms with Crippen molar-refractivity contribution in [1.29, 1.82) is 0 Å². The number of hydrogen-bond donors (Lipinski definition) is 1. The Bertz CT molecular complexity index is 679. The molecule has 23 heavy (non-hydrogen) atoms. The SMILES string of the molecule is CSc1cncc(NC[C@H]2CC(=O)N(C)[C@H]2c2ccccc2)n1. The molecule has 1 aromatic heterocycles. The summed E-state index contributed by atoms with van der Waals surface area (Å²) in [6.07, 6.45) is 6.00. The number of carbonyl (C=O) groups is 1. The zero-order valence-electron chi connectivity index (χ0n) is 13.3. The summed E-state index contributed by atoms with van der Waals surface area (Å²) < 4.78 is 0. The maximum atomic E-state index is 12.1. The van der Waals surface area contributed by atoms with Crippen molar-refractivity contribution in [2.45, 2.75) is 17.5 Å². The van der Waals surface area contributed by atoms with Gasteiger partial charge >= 0.3 is 0 Å². The van der Waals surface area contributed by atoms with Gasteiger partial charge in [0, 0.05) is 25.9 Å². The lowest BCUT2D eigenvalue weighted by Crippen LogP contribution is -2.26. The van der Waals surface area contributed by atoms with Crippen LogP contribution in [0.4, 0.5) is 5.82 Å². The lowest BCUT2D eigenvalue weighted by Gasteiger charge is -2.25. The average Bonchev–Trinajstić information content (AvgIpc) is 2.88. The van der Waals surface area contributed by atoms with E-state index in [1.807, 2.05) is 36.4 Å². The Morgan fingerprint density at radius 2 is 2.09 bits per heavy atom. The molecule has 1 N–H and O–H groups in total. The minimum atomic E-state index is 0.105. The fourth-order valence-corrected chi connectivity index (χ4v) is 3.40. The molecule has 3 rings (SSSR count). The first kappa shape index (κ1) is 15.8. The van der Waals surface area contributed by atoms with Gasteiger partial charge in [0.1, 0.15) is 10.8 Å². The van der Waals surface area contributed by atoms with Gasteiger partial charge in [-0.05, 0) is 11.8 Å². The number of thioether (sulfide) groups is 1. The number of carbonyl (C=O) groups excluding carboxylic acids is 1. The summed E-state index contributed by atoms with van der Waals surface area (Å²) >= 11 is 1.56. The van der Waals surface area contributed by atoms with Crippen molar-refractivity contribution in [3.63, 3.8) is 0 Å². The molecule has 0 radical (unpaired) electrons. The Morgan fingerprint density at radius 3 is 2.83 bits per heavy atom. The van der Waals surface area contributed by atoms with Crippen molar-refractivity contribution in [1.82, 2.24) is 14.9 Å². The molecule has 1 aliphatic rings. The first-order chi connectivity index (χ1) is 11.2. The number of rotatable bonds is 5. The Kier molecular flexibility index (Phi) is 4.81. The predicted molar refractivity (Wildman–Crippen MR) is 92.4 cm³/mol. The topological polar surface area (TPSA) is 58.1 Å². The lowest BCUT2D eigenvalue weighted by molar-refractivity contribution is -0.127. The first-order valence-corrected chi connectivity index (χ1v) is 8.82. The molecule has 0 saturated carbocycles. The van der Waals surface area contributed by atoms with Gasteiger partial charge in [-0.3, -0.25) is 9.78 Å². The molecule has 0 aliphatic carbocycles. The molecule has 1 saturated heterocycles. The largest absolute Gasteiger partial charge is 0.368 e. The van der Waals surface area contributed by atoms with E-state index in [2.05, 4.69) is 27.4 Å². The van der Waals surface area contributed by atoms with Crippen molar-refractivity contribution in [2.24, 2.45) is 5.92 Å². The second kappa shape index (κ2) is 7.00. The van der Waals surface area contributed by atoms with E-state index in [0.29, 0.717) is 13.0 Å². The smallest absolute Gasteiger partial charge is 0.223 e. The number of nitrogens with zero attached hydrogens (tertiary/aromatic N) is 3. The van der Waals surface area contributed by atoms with Crippen LogP contribution in [0.5, 0.6) is 0 Å². The molecule has 0 spiro atoms. The zero-order chi connectivity index (χ0) is 16.2. The number of hydrogen-bond acceptors (Lipinski definition) is 5. The zero-order valence-corrected chi connectivity index (χ0v) is 14.1. The van der Waals surface area contributed by atoms with Crippen LogP contribution in [-0.4, -0.2) is 40.6 Å².